The first-order valence-electron chi connectivity index (χ1n) is 4.35. The standard InChI is InChI=1S/C10H7BrN2O2S/c11-6-1-2-8(14)7(3-6)10(15)13-9-4-12-5-16-9/h1-5,14H,(H,13,15). The van der Waals surface area contributed by atoms with E-state index in [-0.39, 0.29) is 17.2 Å². The number of aromatic nitrogens is 1. The lowest BCUT2D eigenvalue weighted by Crippen LogP contribution is -2.11. The molecule has 0 atom stereocenters. The highest BCUT2D eigenvalue weighted by Crippen LogP contribution is 2.23. The molecule has 2 aromatic rings. The monoisotopic (exact) mass is 298 g/mol. The van der Waals surface area contributed by atoms with Crippen LogP contribution >= 0.6 is 27.3 Å². The third kappa shape index (κ3) is 2.40. The second-order valence-electron chi connectivity index (χ2n) is 2.98. The van der Waals surface area contributed by atoms with Gasteiger partial charge in [0.25, 0.3) is 5.91 Å². The fraction of sp³-hybridized carbons (Fsp3) is 0. The van der Waals surface area contributed by atoms with E-state index in [0.29, 0.717) is 5.00 Å². The summed E-state index contributed by atoms with van der Waals surface area (Å²) in [5.41, 5.74) is 1.85. The van der Waals surface area contributed by atoms with E-state index in [1.54, 1.807) is 23.8 Å². The summed E-state index contributed by atoms with van der Waals surface area (Å²) >= 11 is 4.56. The Morgan fingerprint density at radius 3 is 3.00 bits per heavy atom. The Morgan fingerprint density at radius 2 is 2.31 bits per heavy atom. The minimum absolute atomic E-state index is 0.0507. The summed E-state index contributed by atoms with van der Waals surface area (Å²) in [6.07, 6.45) is 1.55. The topological polar surface area (TPSA) is 62.2 Å². The molecule has 1 aromatic heterocycles. The highest BCUT2D eigenvalue weighted by Gasteiger charge is 2.12. The Hall–Kier alpha value is -1.40. The minimum atomic E-state index is -0.358. The Morgan fingerprint density at radius 1 is 1.50 bits per heavy atom. The number of amides is 1. The van der Waals surface area contributed by atoms with Gasteiger partial charge in [0.1, 0.15) is 10.8 Å². The Labute approximate surface area is 104 Å². The van der Waals surface area contributed by atoms with Crippen LogP contribution in [0.1, 0.15) is 10.4 Å². The van der Waals surface area contributed by atoms with Crippen molar-refractivity contribution in [2.24, 2.45) is 0 Å². The van der Waals surface area contributed by atoms with Crippen molar-refractivity contribution >= 4 is 38.2 Å². The largest absolute Gasteiger partial charge is 0.507 e. The number of nitrogens with one attached hydrogen (secondary N) is 1. The third-order valence-corrected chi connectivity index (χ3v) is 3.05. The average molecular weight is 299 g/mol. The van der Waals surface area contributed by atoms with Gasteiger partial charge in [0.05, 0.1) is 17.3 Å². The van der Waals surface area contributed by atoms with E-state index in [0.717, 1.165) is 4.47 Å². The number of anilines is 1. The molecule has 0 bridgehead atoms. The number of aromatic hydroxyl groups is 1. The number of nitrogens with zero attached hydrogens (tertiary/aromatic N) is 1. The van der Waals surface area contributed by atoms with Crippen LogP contribution in [-0.4, -0.2) is 16.0 Å². The number of rotatable bonds is 2. The molecule has 1 heterocycles. The summed E-state index contributed by atoms with van der Waals surface area (Å²) in [5.74, 6) is -0.409. The summed E-state index contributed by atoms with van der Waals surface area (Å²) in [4.78, 5) is 15.6. The van der Waals surface area contributed by atoms with E-state index >= 15 is 0 Å². The zero-order valence-electron chi connectivity index (χ0n) is 7.98. The molecule has 0 spiro atoms. The van der Waals surface area contributed by atoms with E-state index in [1.165, 1.54) is 17.4 Å². The number of phenols is 1. The van der Waals surface area contributed by atoms with Gasteiger partial charge >= 0.3 is 0 Å². The highest BCUT2D eigenvalue weighted by atomic mass is 79.9. The summed E-state index contributed by atoms with van der Waals surface area (Å²) < 4.78 is 0.736. The molecule has 6 heteroatoms. The predicted octanol–water partition coefficient (Wildman–Crippen LogP) is 2.86. The minimum Gasteiger partial charge on any atom is -0.507 e. The van der Waals surface area contributed by atoms with Crippen molar-refractivity contribution in [3.05, 3.63) is 39.9 Å². The number of hydrogen-bond acceptors (Lipinski definition) is 4. The second-order valence-corrected chi connectivity index (χ2v) is 4.78. The van der Waals surface area contributed by atoms with Gasteiger partial charge in [-0.1, -0.05) is 15.9 Å². The van der Waals surface area contributed by atoms with Crippen LogP contribution in [0.25, 0.3) is 0 Å². The van der Waals surface area contributed by atoms with Gasteiger partial charge in [0, 0.05) is 4.47 Å². The third-order valence-electron chi connectivity index (χ3n) is 1.87. The number of phenolic OH excluding ortho intramolecular Hbond substituents is 1. The van der Waals surface area contributed by atoms with Crippen LogP contribution in [0.5, 0.6) is 5.75 Å². The Balaban J connectivity index is 2.24. The first-order chi connectivity index (χ1) is 7.66. The van der Waals surface area contributed by atoms with Gasteiger partial charge in [-0.25, -0.2) is 0 Å². The molecule has 0 fully saturated rings. The number of carbonyl (C=O) groups excluding carboxylic acids is 1. The maximum atomic E-state index is 11.8. The molecule has 4 nitrogen and oxygen atoms in total. The molecule has 2 rings (SSSR count). The zero-order valence-corrected chi connectivity index (χ0v) is 10.4. The molecule has 0 radical (unpaired) electrons. The second kappa shape index (κ2) is 4.63. The van der Waals surface area contributed by atoms with Crippen molar-refractivity contribution in [2.75, 3.05) is 5.32 Å². The summed E-state index contributed by atoms with van der Waals surface area (Å²) in [6.45, 7) is 0. The van der Waals surface area contributed by atoms with Crippen LogP contribution in [0.3, 0.4) is 0 Å². The first kappa shape index (κ1) is 11.1. The molecule has 82 valence electrons. The predicted molar refractivity (Wildman–Crippen MR) is 65.9 cm³/mol. The van der Waals surface area contributed by atoms with E-state index < -0.39 is 0 Å². The Bertz CT molecular complexity index is 514. The lowest BCUT2D eigenvalue weighted by atomic mass is 10.2. The average Bonchev–Trinajstić information content (AvgIpc) is 2.74. The van der Waals surface area contributed by atoms with Crippen LogP contribution in [0, 0.1) is 0 Å². The first-order valence-corrected chi connectivity index (χ1v) is 6.02. The van der Waals surface area contributed by atoms with Crippen molar-refractivity contribution in [1.29, 1.82) is 0 Å². The molecular formula is C10H7BrN2O2S. The van der Waals surface area contributed by atoms with Crippen LogP contribution in [0.4, 0.5) is 5.00 Å². The fourth-order valence-electron chi connectivity index (χ4n) is 1.15. The van der Waals surface area contributed by atoms with Crippen molar-refractivity contribution in [3.8, 4) is 5.75 Å². The quantitative estimate of drug-likeness (QED) is 0.896. The lowest BCUT2D eigenvalue weighted by Gasteiger charge is -2.04. The summed E-state index contributed by atoms with van der Waals surface area (Å²) in [6, 6.07) is 4.69. The SMILES string of the molecule is O=C(Nc1cncs1)c1cc(Br)ccc1O. The van der Waals surface area contributed by atoms with Crippen LogP contribution in [0.15, 0.2) is 34.4 Å². The molecule has 1 aromatic carbocycles. The van der Waals surface area contributed by atoms with Crippen LogP contribution < -0.4 is 5.32 Å². The number of hydrogen-bond donors (Lipinski definition) is 2. The molecule has 0 unspecified atom stereocenters. The molecular weight excluding hydrogens is 292 g/mol. The molecule has 0 saturated heterocycles. The molecule has 16 heavy (non-hydrogen) atoms. The Kier molecular flexibility index (Phi) is 3.21. The van der Waals surface area contributed by atoms with Gasteiger partial charge in [-0.2, -0.15) is 0 Å². The van der Waals surface area contributed by atoms with Gasteiger partial charge in [-0.05, 0) is 18.2 Å². The maximum Gasteiger partial charge on any atom is 0.260 e. The van der Waals surface area contributed by atoms with E-state index in [9.17, 15) is 9.90 Å². The summed E-state index contributed by atoms with van der Waals surface area (Å²) in [7, 11) is 0. The van der Waals surface area contributed by atoms with Gasteiger partial charge in [-0.3, -0.25) is 9.78 Å². The van der Waals surface area contributed by atoms with Crippen molar-refractivity contribution < 1.29 is 9.90 Å². The number of halogens is 1. The number of carbonyl (C=O) groups is 1. The molecule has 0 saturated carbocycles. The lowest BCUT2D eigenvalue weighted by molar-refractivity contribution is 0.102. The van der Waals surface area contributed by atoms with E-state index in [4.69, 9.17) is 0 Å². The molecule has 0 aliphatic rings. The van der Waals surface area contributed by atoms with Crippen molar-refractivity contribution in [1.82, 2.24) is 4.98 Å². The van der Waals surface area contributed by atoms with Gasteiger partial charge in [0.15, 0.2) is 0 Å². The maximum absolute atomic E-state index is 11.8. The van der Waals surface area contributed by atoms with E-state index in [2.05, 4.69) is 26.2 Å². The number of thiazole rings is 1. The van der Waals surface area contributed by atoms with E-state index in [1.807, 2.05) is 0 Å². The van der Waals surface area contributed by atoms with Gasteiger partial charge in [0.2, 0.25) is 0 Å². The van der Waals surface area contributed by atoms with Crippen molar-refractivity contribution in [3.63, 3.8) is 0 Å². The van der Waals surface area contributed by atoms with Gasteiger partial charge in [-0.15, -0.1) is 11.3 Å². The molecule has 1 amide bonds. The smallest absolute Gasteiger partial charge is 0.260 e. The molecule has 0 aliphatic carbocycles. The highest BCUT2D eigenvalue weighted by molar-refractivity contribution is 9.10. The molecule has 0 aliphatic heterocycles. The van der Waals surface area contributed by atoms with Crippen molar-refractivity contribution in [2.45, 2.75) is 0 Å². The van der Waals surface area contributed by atoms with Crippen LogP contribution in [-0.2, 0) is 0 Å². The number of benzene rings is 1. The molecule has 2 N–H and O–H groups in total. The zero-order chi connectivity index (χ0) is 11.5. The van der Waals surface area contributed by atoms with Gasteiger partial charge < -0.3 is 10.4 Å². The normalized spacial score (nSPS) is 10.1. The van der Waals surface area contributed by atoms with Crippen LogP contribution in [0.2, 0.25) is 0 Å². The fourth-order valence-corrected chi connectivity index (χ4v) is 2.02. The summed E-state index contributed by atoms with van der Waals surface area (Å²) in [5, 5.41) is 12.8.